The molecule has 16 heavy (non-hydrogen) atoms. The van der Waals surface area contributed by atoms with Gasteiger partial charge in [-0.3, -0.25) is 4.79 Å². The van der Waals surface area contributed by atoms with Crippen LogP contribution in [-0.2, 0) is 11.2 Å². The van der Waals surface area contributed by atoms with Gasteiger partial charge in [0, 0.05) is 18.1 Å². The summed E-state index contributed by atoms with van der Waals surface area (Å²) < 4.78 is 30.8. The van der Waals surface area contributed by atoms with Gasteiger partial charge in [-0.15, -0.1) is 0 Å². The molecule has 1 rings (SSSR count). The Kier molecular flexibility index (Phi) is 3.78. The van der Waals surface area contributed by atoms with Gasteiger partial charge in [0.2, 0.25) is 0 Å². The lowest BCUT2D eigenvalue weighted by Crippen LogP contribution is -2.32. The highest BCUT2D eigenvalue weighted by atomic mass is 19.1. The number of methoxy groups -OCH3 is 1. The van der Waals surface area contributed by atoms with Crippen molar-refractivity contribution >= 4 is 5.97 Å². The van der Waals surface area contributed by atoms with Crippen LogP contribution in [-0.4, -0.2) is 24.2 Å². The van der Waals surface area contributed by atoms with Crippen LogP contribution in [0.1, 0.15) is 5.56 Å². The summed E-state index contributed by atoms with van der Waals surface area (Å²) in [5.74, 6) is -3.11. The number of carboxylic acid groups (broad SMARTS) is 1. The molecule has 0 aliphatic rings. The molecule has 6 heteroatoms. The molecular weight excluding hydrogens is 220 g/mol. The summed E-state index contributed by atoms with van der Waals surface area (Å²) in [4.78, 5) is 10.5. The lowest BCUT2D eigenvalue weighted by atomic mass is 10.1. The predicted octanol–water partition coefficient (Wildman–Crippen LogP) is 0.928. The van der Waals surface area contributed by atoms with E-state index in [4.69, 9.17) is 15.6 Å². The van der Waals surface area contributed by atoms with Crippen LogP contribution in [0, 0.1) is 11.6 Å². The van der Waals surface area contributed by atoms with Crippen molar-refractivity contribution in [1.82, 2.24) is 0 Å². The Morgan fingerprint density at radius 3 is 2.69 bits per heavy atom. The Bertz CT molecular complexity index is 409. The first-order chi connectivity index (χ1) is 7.45. The summed E-state index contributed by atoms with van der Waals surface area (Å²) in [6.45, 7) is 0. The summed E-state index contributed by atoms with van der Waals surface area (Å²) in [7, 11) is 1.21. The first kappa shape index (κ1) is 12.4. The van der Waals surface area contributed by atoms with Gasteiger partial charge >= 0.3 is 5.97 Å². The van der Waals surface area contributed by atoms with Crippen molar-refractivity contribution in [3.05, 3.63) is 29.3 Å². The Balaban J connectivity index is 3.07. The molecule has 3 N–H and O–H groups in total. The van der Waals surface area contributed by atoms with Crippen LogP contribution >= 0.6 is 0 Å². The molecule has 0 aliphatic heterocycles. The number of nitrogens with two attached hydrogens (primary N) is 1. The molecule has 0 aliphatic carbocycles. The number of hydrogen-bond acceptors (Lipinski definition) is 3. The van der Waals surface area contributed by atoms with E-state index in [-0.39, 0.29) is 17.7 Å². The average molecular weight is 231 g/mol. The molecule has 0 heterocycles. The van der Waals surface area contributed by atoms with Gasteiger partial charge in [0.25, 0.3) is 0 Å². The average Bonchev–Trinajstić information content (AvgIpc) is 2.16. The zero-order chi connectivity index (χ0) is 12.3. The largest absolute Gasteiger partial charge is 0.493 e. The van der Waals surface area contributed by atoms with Gasteiger partial charge in [-0.1, -0.05) is 0 Å². The zero-order valence-corrected chi connectivity index (χ0v) is 8.54. The van der Waals surface area contributed by atoms with Crippen molar-refractivity contribution in [3.8, 4) is 5.75 Å². The Morgan fingerprint density at radius 2 is 2.19 bits per heavy atom. The molecule has 1 aromatic rings. The van der Waals surface area contributed by atoms with E-state index < -0.39 is 23.6 Å². The van der Waals surface area contributed by atoms with Crippen LogP contribution in [0.4, 0.5) is 8.78 Å². The molecule has 0 amide bonds. The van der Waals surface area contributed by atoms with Gasteiger partial charge in [0.15, 0.2) is 11.6 Å². The molecule has 1 unspecified atom stereocenters. The van der Waals surface area contributed by atoms with E-state index in [0.29, 0.717) is 6.07 Å². The number of aliphatic carboxylic acids is 1. The number of carboxylic acids is 1. The molecule has 1 aromatic carbocycles. The van der Waals surface area contributed by atoms with Gasteiger partial charge in [-0.05, 0) is 6.07 Å². The van der Waals surface area contributed by atoms with Crippen molar-refractivity contribution in [1.29, 1.82) is 0 Å². The van der Waals surface area contributed by atoms with Gasteiger partial charge in [-0.2, -0.15) is 0 Å². The first-order valence-corrected chi connectivity index (χ1v) is 4.46. The van der Waals surface area contributed by atoms with Crippen LogP contribution in [0.5, 0.6) is 5.75 Å². The highest BCUT2D eigenvalue weighted by Crippen LogP contribution is 2.24. The molecule has 0 saturated heterocycles. The molecule has 4 nitrogen and oxygen atoms in total. The molecule has 1 atom stereocenters. The van der Waals surface area contributed by atoms with E-state index in [9.17, 15) is 13.6 Å². The fourth-order valence-corrected chi connectivity index (χ4v) is 1.32. The van der Waals surface area contributed by atoms with E-state index in [0.717, 1.165) is 6.07 Å². The number of halogens is 2. The highest BCUT2D eigenvalue weighted by molar-refractivity contribution is 5.73. The third-order valence-electron chi connectivity index (χ3n) is 2.05. The predicted molar refractivity (Wildman–Crippen MR) is 52.2 cm³/mol. The van der Waals surface area contributed by atoms with E-state index >= 15 is 0 Å². The fourth-order valence-electron chi connectivity index (χ4n) is 1.32. The molecule has 0 saturated carbocycles. The summed E-state index contributed by atoms with van der Waals surface area (Å²) >= 11 is 0. The SMILES string of the molecule is COc1c(F)cc(F)cc1CC(N)C(=O)O. The number of rotatable bonds is 4. The number of ether oxygens (including phenoxy) is 1. The van der Waals surface area contributed by atoms with Gasteiger partial charge in [0.1, 0.15) is 11.9 Å². The minimum Gasteiger partial charge on any atom is -0.493 e. The lowest BCUT2D eigenvalue weighted by molar-refractivity contribution is -0.138. The third-order valence-corrected chi connectivity index (χ3v) is 2.05. The minimum atomic E-state index is -1.24. The van der Waals surface area contributed by atoms with Crippen molar-refractivity contribution in [2.24, 2.45) is 5.73 Å². The Morgan fingerprint density at radius 1 is 1.56 bits per heavy atom. The van der Waals surface area contributed by atoms with Gasteiger partial charge < -0.3 is 15.6 Å². The monoisotopic (exact) mass is 231 g/mol. The second kappa shape index (κ2) is 4.89. The van der Waals surface area contributed by atoms with Gasteiger partial charge in [0.05, 0.1) is 7.11 Å². The molecular formula is C10H11F2NO3. The third kappa shape index (κ3) is 2.66. The molecule has 0 bridgehead atoms. The summed E-state index contributed by atoms with van der Waals surface area (Å²) in [6.07, 6.45) is -0.201. The summed E-state index contributed by atoms with van der Waals surface area (Å²) in [5, 5.41) is 8.59. The summed E-state index contributed by atoms with van der Waals surface area (Å²) in [5.41, 5.74) is 5.36. The summed E-state index contributed by atoms with van der Waals surface area (Å²) in [6, 6.07) is 0.439. The first-order valence-electron chi connectivity index (χ1n) is 4.46. The zero-order valence-electron chi connectivity index (χ0n) is 8.54. The van der Waals surface area contributed by atoms with Crippen LogP contribution in [0.15, 0.2) is 12.1 Å². The Hall–Kier alpha value is -1.69. The second-order valence-electron chi connectivity index (χ2n) is 3.23. The maximum absolute atomic E-state index is 13.2. The van der Waals surface area contributed by atoms with E-state index in [1.807, 2.05) is 0 Å². The number of carbonyl (C=O) groups is 1. The molecule has 0 aromatic heterocycles. The van der Waals surface area contributed by atoms with Crippen LogP contribution in [0.3, 0.4) is 0 Å². The molecule has 88 valence electrons. The van der Waals surface area contributed by atoms with E-state index in [1.54, 1.807) is 0 Å². The van der Waals surface area contributed by atoms with Crippen LogP contribution in [0.25, 0.3) is 0 Å². The maximum atomic E-state index is 13.2. The van der Waals surface area contributed by atoms with Crippen LogP contribution < -0.4 is 10.5 Å². The van der Waals surface area contributed by atoms with Crippen molar-refractivity contribution in [3.63, 3.8) is 0 Å². The molecule has 0 fully saturated rings. The van der Waals surface area contributed by atoms with E-state index in [2.05, 4.69) is 0 Å². The lowest BCUT2D eigenvalue weighted by Gasteiger charge is -2.11. The van der Waals surface area contributed by atoms with Crippen molar-refractivity contribution in [2.45, 2.75) is 12.5 Å². The quantitative estimate of drug-likeness (QED) is 0.808. The van der Waals surface area contributed by atoms with Crippen molar-refractivity contribution in [2.75, 3.05) is 7.11 Å². The smallest absolute Gasteiger partial charge is 0.320 e. The second-order valence-corrected chi connectivity index (χ2v) is 3.23. The van der Waals surface area contributed by atoms with Crippen molar-refractivity contribution < 1.29 is 23.4 Å². The fraction of sp³-hybridized carbons (Fsp3) is 0.300. The molecule has 0 spiro atoms. The highest BCUT2D eigenvalue weighted by Gasteiger charge is 2.18. The van der Waals surface area contributed by atoms with E-state index in [1.165, 1.54) is 7.11 Å². The number of benzene rings is 1. The standard InChI is InChI=1S/C10H11F2NO3/c1-16-9-5(3-8(13)10(14)15)2-6(11)4-7(9)12/h2,4,8H,3,13H2,1H3,(H,14,15). The Labute approximate surface area is 90.6 Å². The topological polar surface area (TPSA) is 72.5 Å². The van der Waals surface area contributed by atoms with Gasteiger partial charge in [-0.25, -0.2) is 8.78 Å². The number of hydrogen-bond donors (Lipinski definition) is 2. The van der Waals surface area contributed by atoms with Crippen LogP contribution in [0.2, 0.25) is 0 Å². The normalized spacial score (nSPS) is 12.2. The maximum Gasteiger partial charge on any atom is 0.320 e. The molecule has 0 radical (unpaired) electrons. The minimum absolute atomic E-state index is 0.0925.